The van der Waals surface area contributed by atoms with E-state index in [4.69, 9.17) is 14.2 Å². The van der Waals surface area contributed by atoms with Gasteiger partial charge in [-0.3, -0.25) is 4.79 Å². The number of hydrogen-bond donors (Lipinski definition) is 0. The van der Waals surface area contributed by atoms with E-state index in [2.05, 4.69) is 5.10 Å². The molecule has 0 saturated carbocycles. The summed E-state index contributed by atoms with van der Waals surface area (Å²) in [5, 5.41) is 5.54. The number of amides is 1. The molecule has 0 bridgehead atoms. The first-order valence-electron chi connectivity index (χ1n) is 8.18. The topological polar surface area (TPSA) is 97.7 Å². The predicted octanol–water partition coefficient (Wildman–Crippen LogP) is 1.19. The van der Waals surface area contributed by atoms with Crippen molar-refractivity contribution in [1.29, 1.82) is 0 Å². The fourth-order valence-electron chi connectivity index (χ4n) is 2.88. The van der Waals surface area contributed by atoms with Crippen molar-refractivity contribution in [3.63, 3.8) is 0 Å². The monoisotopic (exact) mass is 373 g/mol. The van der Waals surface area contributed by atoms with E-state index in [1.54, 1.807) is 31.2 Å². The number of methoxy groups -OCH3 is 2. The van der Waals surface area contributed by atoms with Crippen LogP contribution < -0.4 is 9.91 Å². The van der Waals surface area contributed by atoms with Gasteiger partial charge in [-0.2, -0.15) is 5.10 Å². The van der Waals surface area contributed by atoms with Gasteiger partial charge in [0.25, 0.3) is 5.91 Å². The summed E-state index contributed by atoms with van der Waals surface area (Å²) in [7, 11) is 2.47. The molecule has 9 heteroatoms. The minimum Gasteiger partial charge on any atom is -0.466 e. The fraction of sp³-hybridized carbons (Fsp3) is 0.333. The molecule has 2 heterocycles. The molecule has 1 amide bonds. The summed E-state index contributed by atoms with van der Waals surface area (Å²) >= 11 is 0. The maximum Gasteiger partial charge on any atom is 0.355 e. The molecule has 1 aromatic rings. The first-order chi connectivity index (χ1) is 13.0. The molecular weight excluding hydrogens is 354 g/mol. The van der Waals surface area contributed by atoms with Crippen LogP contribution in [0.3, 0.4) is 0 Å². The summed E-state index contributed by atoms with van der Waals surface area (Å²) in [6.07, 6.45) is 0.291. The van der Waals surface area contributed by atoms with Gasteiger partial charge in [0, 0.05) is 11.4 Å². The molecule has 0 aliphatic carbocycles. The van der Waals surface area contributed by atoms with Gasteiger partial charge in [-0.05, 0) is 31.2 Å². The van der Waals surface area contributed by atoms with Crippen LogP contribution in [0.15, 0.2) is 40.6 Å². The molecule has 2 aliphatic heterocycles. The van der Waals surface area contributed by atoms with Crippen molar-refractivity contribution in [2.75, 3.05) is 37.5 Å². The molecule has 1 aromatic carbocycles. The highest BCUT2D eigenvalue weighted by Crippen LogP contribution is 2.29. The van der Waals surface area contributed by atoms with Crippen molar-refractivity contribution >= 4 is 34.9 Å². The molecule has 0 radical (unpaired) electrons. The molecule has 0 atom stereocenters. The van der Waals surface area contributed by atoms with Gasteiger partial charge < -0.3 is 19.1 Å². The van der Waals surface area contributed by atoms with Crippen LogP contribution >= 0.6 is 0 Å². The molecule has 0 aromatic heterocycles. The van der Waals surface area contributed by atoms with E-state index in [9.17, 15) is 14.4 Å². The number of rotatable bonds is 4. The lowest BCUT2D eigenvalue weighted by Crippen LogP contribution is -2.38. The standard InChI is InChI=1S/C18H19N3O6/c1-11-8-15(22)21(19-11)13-6-4-12(5-7-13)20-10-27-9-14(17(23)25-2)16(20)18(24)26-3/h4-7H,8-10H2,1-3H3. The smallest absolute Gasteiger partial charge is 0.355 e. The molecular formula is C18H19N3O6. The van der Waals surface area contributed by atoms with Crippen molar-refractivity contribution in [1.82, 2.24) is 0 Å². The Balaban J connectivity index is 1.95. The lowest BCUT2D eigenvalue weighted by atomic mass is 10.1. The second-order valence-electron chi connectivity index (χ2n) is 5.95. The van der Waals surface area contributed by atoms with E-state index in [0.717, 1.165) is 5.71 Å². The normalized spacial score (nSPS) is 17.1. The van der Waals surface area contributed by atoms with Gasteiger partial charge in [0.2, 0.25) is 0 Å². The van der Waals surface area contributed by atoms with Gasteiger partial charge >= 0.3 is 11.9 Å². The molecule has 3 rings (SSSR count). The Morgan fingerprint density at radius 1 is 1.07 bits per heavy atom. The van der Waals surface area contributed by atoms with Crippen LogP contribution in [0, 0.1) is 0 Å². The Bertz CT molecular complexity index is 843. The third-order valence-electron chi connectivity index (χ3n) is 4.15. The lowest BCUT2D eigenvalue weighted by Gasteiger charge is -2.31. The summed E-state index contributed by atoms with van der Waals surface area (Å²) in [6, 6.07) is 6.82. The van der Waals surface area contributed by atoms with Gasteiger partial charge in [0.15, 0.2) is 0 Å². The predicted molar refractivity (Wildman–Crippen MR) is 96.0 cm³/mol. The van der Waals surface area contributed by atoms with E-state index >= 15 is 0 Å². The highest BCUT2D eigenvalue weighted by Gasteiger charge is 2.32. The van der Waals surface area contributed by atoms with Crippen molar-refractivity contribution < 1.29 is 28.6 Å². The second-order valence-corrected chi connectivity index (χ2v) is 5.95. The maximum atomic E-state index is 12.3. The number of carbonyl (C=O) groups excluding carboxylic acids is 3. The molecule has 142 valence electrons. The van der Waals surface area contributed by atoms with Crippen LogP contribution in [0.25, 0.3) is 0 Å². The third-order valence-corrected chi connectivity index (χ3v) is 4.15. The minimum atomic E-state index is -0.669. The second kappa shape index (κ2) is 7.58. The first-order valence-corrected chi connectivity index (χ1v) is 8.18. The van der Waals surface area contributed by atoms with E-state index in [-0.39, 0.29) is 30.5 Å². The molecule has 0 fully saturated rings. The van der Waals surface area contributed by atoms with E-state index in [1.807, 2.05) is 0 Å². The number of hydrazone groups is 1. The van der Waals surface area contributed by atoms with Gasteiger partial charge in [-0.1, -0.05) is 0 Å². The van der Waals surface area contributed by atoms with Gasteiger partial charge in [0.1, 0.15) is 12.4 Å². The van der Waals surface area contributed by atoms with Crippen LogP contribution in [0.4, 0.5) is 11.4 Å². The quantitative estimate of drug-likeness (QED) is 0.731. The molecule has 0 saturated heterocycles. The zero-order valence-corrected chi connectivity index (χ0v) is 15.2. The van der Waals surface area contributed by atoms with Crippen LogP contribution in [-0.2, 0) is 28.6 Å². The van der Waals surface area contributed by atoms with Crippen LogP contribution in [-0.4, -0.2) is 51.1 Å². The van der Waals surface area contributed by atoms with E-state index < -0.39 is 11.9 Å². The Morgan fingerprint density at radius 3 is 2.26 bits per heavy atom. The van der Waals surface area contributed by atoms with Gasteiger partial charge in [-0.15, -0.1) is 0 Å². The summed E-state index contributed by atoms with van der Waals surface area (Å²) in [5.74, 6) is -1.44. The summed E-state index contributed by atoms with van der Waals surface area (Å²) in [6.45, 7) is 1.80. The zero-order chi connectivity index (χ0) is 19.6. The molecule has 0 spiro atoms. The lowest BCUT2D eigenvalue weighted by molar-refractivity contribution is -0.140. The molecule has 0 unspecified atom stereocenters. The number of nitrogens with zero attached hydrogens (tertiary/aromatic N) is 3. The first kappa shape index (κ1) is 18.6. The van der Waals surface area contributed by atoms with Crippen LogP contribution in [0.1, 0.15) is 13.3 Å². The summed E-state index contributed by atoms with van der Waals surface area (Å²) in [5.41, 5.74) is 2.08. The molecule has 9 nitrogen and oxygen atoms in total. The zero-order valence-electron chi connectivity index (χ0n) is 15.2. The molecule has 0 N–H and O–H groups in total. The van der Waals surface area contributed by atoms with Gasteiger partial charge in [0.05, 0.1) is 38.5 Å². The largest absolute Gasteiger partial charge is 0.466 e. The van der Waals surface area contributed by atoms with Crippen LogP contribution in [0.5, 0.6) is 0 Å². The van der Waals surface area contributed by atoms with Crippen molar-refractivity contribution in [2.24, 2.45) is 5.10 Å². The van der Waals surface area contributed by atoms with Crippen molar-refractivity contribution in [3.05, 3.63) is 35.5 Å². The number of ether oxygens (including phenoxy) is 3. The fourth-order valence-corrected chi connectivity index (χ4v) is 2.88. The summed E-state index contributed by atoms with van der Waals surface area (Å²) in [4.78, 5) is 37.8. The minimum absolute atomic E-state index is 0.0536. The Morgan fingerprint density at radius 2 is 1.70 bits per heavy atom. The Hall–Kier alpha value is -3.20. The number of hydrogen-bond acceptors (Lipinski definition) is 8. The highest BCUT2D eigenvalue weighted by atomic mass is 16.5. The highest BCUT2D eigenvalue weighted by molar-refractivity contribution is 6.12. The average Bonchev–Trinajstić information content (AvgIpc) is 3.04. The van der Waals surface area contributed by atoms with Crippen molar-refractivity contribution in [3.8, 4) is 0 Å². The van der Waals surface area contributed by atoms with Gasteiger partial charge in [-0.25, -0.2) is 14.6 Å². The Labute approximate surface area is 155 Å². The number of anilines is 2. The van der Waals surface area contributed by atoms with E-state index in [0.29, 0.717) is 17.8 Å². The van der Waals surface area contributed by atoms with Crippen molar-refractivity contribution in [2.45, 2.75) is 13.3 Å². The number of carbonyl (C=O) groups is 3. The maximum absolute atomic E-state index is 12.3. The third kappa shape index (κ3) is 3.54. The van der Waals surface area contributed by atoms with Crippen LogP contribution in [0.2, 0.25) is 0 Å². The number of benzene rings is 1. The average molecular weight is 373 g/mol. The summed E-state index contributed by atoms with van der Waals surface area (Å²) < 4.78 is 15.0. The molecule has 2 aliphatic rings. The molecule has 27 heavy (non-hydrogen) atoms. The Kier molecular flexibility index (Phi) is 5.22. The van der Waals surface area contributed by atoms with E-state index in [1.165, 1.54) is 24.1 Å². The SMILES string of the molecule is COC(=O)C1=C(C(=O)OC)N(c2ccc(N3N=C(C)CC3=O)cc2)COC1. The number of esters is 2.